The SMILES string of the molecule is Cn1ccc(S(=O)(=O)N(Cc2ccccc2)c2cccc(C(=O)OC(C)(C)C)c2)n1.Cn1cnc(S(=O)(=O)N(Cc2ccccc2)c2cccc(C(=O)OC(C)(C)C)c2)c1. The van der Waals surface area contributed by atoms with Gasteiger partial charge in [-0.2, -0.15) is 21.9 Å². The van der Waals surface area contributed by atoms with E-state index in [2.05, 4.69) is 10.1 Å². The van der Waals surface area contributed by atoms with Crippen molar-refractivity contribution in [2.24, 2.45) is 14.1 Å². The Bertz CT molecular complexity index is 2450. The molecule has 6 aromatic rings. The largest absolute Gasteiger partial charge is 0.456 e. The number of nitrogens with zero attached hydrogens (tertiary/aromatic N) is 6. The number of carbonyl (C=O) groups is 2. The van der Waals surface area contributed by atoms with Crippen LogP contribution in [0.2, 0.25) is 0 Å². The summed E-state index contributed by atoms with van der Waals surface area (Å²) in [6.07, 6.45) is 4.46. The number of esters is 2. The molecule has 0 aliphatic heterocycles. The van der Waals surface area contributed by atoms with Crippen molar-refractivity contribution in [3.05, 3.63) is 156 Å². The molecule has 14 nitrogen and oxygen atoms in total. The fourth-order valence-electron chi connectivity index (χ4n) is 5.66. The van der Waals surface area contributed by atoms with Gasteiger partial charge in [0, 0.05) is 26.5 Å². The van der Waals surface area contributed by atoms with Crippen LogP contribution in [-0.4, -0.2) is 59.3 Å². The number of rotatable bonds is 12. The third-order valence-corrected chi connectivity index (χ3v) is 11.7. The fraction of sp³-hybridized carbons (Fsp3) is 0.273. The van der Waals surface area contributed by atoms with E-state index in [1.165, 1.54) is 44.0 Å². The highest BCUT2D eigenvalue weighted by Gasteiger charge is 2.30. The van der Waals surface area contributed by atoms with Gasteiger partial charge in [0.2, 0.25) is 0 Å². The summed E-state index contributed by atoms with van der Waals surface area (Å²) in [5.74, 6) is -1.03. The lowest BCUT2D eigenvalue weighted by Gasteiger charge is -2.24. The number of ether oxygens (including phenoxy) is 2. The standard InChI is InChI=1S/2C22H25N3O4S/c1-22(2,3)29-21(26)18-11-8-12-19(13-18)25(14-17-9-6-5-7-10-17)30(27,28)20-15-24(4)16-23-20;1-22(2,3)29-21(26)18-11-8-12-19(15-18)25(16-17-9-6-5-7-10-17)30(27,28)20-13-14-24(4)23-20/h5-13,15-16H,14H2,1-4H3;5-15H,16H2,1-4H3. The third-order valence-electron chi connectivity index (χ3n) is 8.35. The van der Waals surface area contributed by atoms with Crippen molar-refractivity contribution in [2.75, 3.05) is 8.61 Å². The molecule has 0 aliphatic carbocycles. The maximum Gasteiger partial charge on any atom is 0.338 e. The molecule has 316 valence electrons. The Morgan fingerprint density at radius 1 is 0.600 bits per heavy atom. The quantitative estimate of drug-likeness (QED) is 0.112. The minimum Gasteiger partial charge on any atom is -0.456 e. The van der Waals surface area contributed by atoms with E-state index >= 15 is 0 Å². The smallest absolute Gasteiger partial charge is 0.338 e. The third kappa shape index (κ3) is 11.9. The number of hydrogen-bond donors (Lipinski definition) is 0. The molecule has 0 bridgehead atoms. The topological polar surface area (TPSA) is 163 Å². The second-order valence-electron chi connectivity index (χ2n) is 15.8. The Balaban J connectivity index is 0.000000228. The van der Waals surface area contributed by atoms with Gasteiger partial charge in [-0.25, -0.2) is 14.6 Å². The lowest BCUT2D eigenvalue weighted by atomic mass is 10.1. The summed E-state index contributed by atoms with van der Waals surface area (Å²) in [5.41, 5.74) is 1.56. The average molecular weight is 855 g/mol. The zero-order valence-electron chi connectivity index (χ0n) is 34.9. The molecule has 0 saturated heterocycles. The number of anilines is 2. The summed E-state index contributed by atoms with van der Waals surface area (Å²) in [6, 6.07) is 32.8. The molecule has 0 radical (unpaired) electrons. The first-order valence-electron chi connectivity index (χ1n) is 18.9. The molecule has 0 aliphatic rings. The van der Waals surface area contributed by atoms with Crippen LogP contribution in [0, 0.1) is 0 Å². The maximum absolute atomic E-state index is 13.4. The number of aromatic nitrogens is 4. The van der Waals surface area contributed by atoms with Crippen molar-refractivity contribution < 1.29 is 35.9 Å². The maximum atomic E-state index is 13.4. The van der Waals surface area contributed by atoms with Crippen molar-refractivity contribution in [1.29, 1.82) is 0 Å². The van der Waals surface area contributed by atoms with Crippen molar-refractivity contribution in [3.8, 4) is 0 Å². The normalized spacial score (nSPS) is 11.9. The van der Waals surface area contributed by atoms with Crippen LogP contribution in [0.1, 0.15) is 73.4 Å². The lowest BCUT2D eigenvalue weighted by molar-refractivity contribution is 0.00571. The van der Waals surface area contributed by atoms with Crippen molar-refractivity contribution in [1.82, 2.24) is 19.3 Å². The van der Waals surface area contributed by atoms with Gasteiger partial charge in [0.25, 0.3) is 20.0 Å². The van der Waals surface area contributed by atoms with E-state index in [9.17, 15) is 26.4 Å². The number of sulfonamides is 2. The number of carbonyl (C=O) groups excluding carboxylic acids is 2. The Kier molecular flexibility index (Phi) is 13.7. The van der Waals surface area contributed by atoms with Gasteiger partial charge < -0.3 is 14.0 Å². The summed E-state index contributed by atoms with van der Waals surface area (Å²) >= 11 is 0. The fourth-order valence-corrected chi connectivity index (χ4v) is 8.47. The van der Waals surface area contributed by atoms with E-state index in [0.29, 0.717) is 11.4 Å². The predicted octanol–water partition coefficient (Wildman–Crippen LogP) is 7.54. The van der Waals surface area contributed by atoms with E-state index in [-0.39, 0.29) is 34.3 Å². The summed E-state index contributed by atoms with van der Waals surface area (Å²) in [4.78, 5) is 29.0. The van der Waals surface area contributed by atoms with Crippen molar-refractivity contribution >= 4 is 43.4 Å². The summed E-state index contributed by atoms with van der Waals surface area (Å²) in [5, 5.41) is 3.94. The first-order valence-corrected chi connectivity index (χ1v) is 21.8. The first-order chi connectivity index (χ1) is 28.1. The van der Waals surface area contributed by atoms with Gasteiger partial charge >= 0.3 is 11.9 Å². The molecule has 0 saturated carbocycles. The Labute approximate surface area is 352 Å². The van der Waals surface area contributed by atoms with Crippen LogP contribution >= 0.6 is 0 Å². The van der Waals surface area contributed by atoms with E-state index in [1.807, 2.05) is 60.7 Å². The van der Waals surface area contributed by atoms with Crippen LogP contribution in [0.4, 0.5) is 11.4 Å². The zero-order valence-corrected chi connectivity index (χ0v) is 36.5. The molecule has 6 rings (SSSR count). The van der Waals surface area contributed by atoms with E-state index in [4.69, 9.17) is 9.47 Å². The molecule has 2 heterocycles. The molecule has 0 unspecified atom stereocenters. The van der Waals surface area contributed by atoms with Crippen molar-refractivity contribution in [2.45, 2.75) is 75.9 Å². The molecule has 0 atom stereocenters. The van der Waals surface area contributed by atoms with Crippen LogP contribution in [0.25, 0.3) is 0 Å². The molecule has 0 spiro atoms. The average Bonchev–Trinajstić information content (AvgIpc) is 3.85. The summed E-state index contributed by atoms with van der Waals surface area (Å²) in [6.45, 7) is 10.9. The second-order valence-corrected chi connectivity index (χ2v) is 19.4. The minimum atomic E-state index is -3.96. The van der Waals surface area contributed by atoms with Crippen LogP contribution < -0.4 is 8.61 Å². The highest BCUT2D eigenvalue weighted by atomic mass is 32.2. The number of hydrogen-bond acceptors (Lipinski definition) is 10. The van der Waals surface area contributed by atoms with Gasteiger partial charge in [-0.05, 0) is 95.1 Å². The number of benzene rings is 4. The van der Waals surface area contributed by atoms with Crippen LogP contribution in [0.3, 0.4) is 0 Å². The van der Waals surface area contributed by atoms with E-state index in [0.717, 1.165) is 11.1 Å². The van der Waals surface area contributed by atoms with Crippen LogP contribution in [0.5, 0.6) is 0 Å². The first kappa shape index (κ1) is 44.8. The van der Waals surface area contributed by atoms with E-state index in [1.54, 1.807) is 103 Å². The van der Waals surface area contributed by atoms with Crippen LogP contribution in [-0.2, 0) is 56.7 Å². The number of aryl methyl sites for hydroxylation is 2. The monoisotopic (exact) mass is 854 g/mol. The molecular formula is C44H50N6O8S2. The molecule has 2 aromatic heterocycles. The zero-order chi connectivity index (χ0) is 43.9. The molecule has 0 amide bonds. The Morgan fingerprint density at radius 3 is 1.40 bits per heavy atom. The second kappa shape index (κ2) is 18.3. The lowest BCUT2D eigenvalue weighted by Crippen LogP contribution is -2.31. The van der Waals surface area contributed by atoms with Gasteiger partial charge in [-0.1, -0.05) is 72.8 Å². The molecule has 0 fully saturated rings. The summed E-state index contributed by atoms with van der Waals surface area (Å²) in [7, 11) is -4.56. The summed E-state index contributed by atoms with van der Waals surface area (Å²) < 4.78 is 69.9. The Morgan fingerprint density at radius 2 is 1.03 bits per heavy atom. The highest BCUT2D eigenvalue weighted by molar-refractivity contribution is 7.93. The van der Waals surface area contributed by atoms with Gasteiger partial charge in [0.15, 0.2) is 10.1 Å². The van der Waals surface area contributed by atoms with E-state index < -0.39 is 43.2 Å². The van der Waals surface area contributed by atoms with Gasteiger partial charge in [0.05, 0.1) is 41.9 Å². The Hall–Kier alpha value is -6.26. The molecule has 0 N–H and O–H groups in total. The predicted molar refractivity (Wildman–Crippen MR) is 229 cm³/mol. The molecule has 16 heteroatoms. The van der Waals surface area contributed by atoms with Gasteiger partial charge in [0.1, 0.15) is 11.2 Å². The van der Waals surface area contributed by atoms with Gasteiger partial charge in [-0.15, -0.1) is 0 Å². The molecule has 60 heavy (non-hydrogen) atoms. The van der Waals surface area contributed by atoms with Gasteiger partial charge in [-0.3, -0.25) is 13.3 Å². The number of imidazole rings is 1. The minimum absolute atomic E-state index is 0.0661. The van der Waals surface area contributed by atoms with Crippen molar-refractivity contribution in [3.63, 3.8) is 0 Å². The highest BCUT2D eigenvalue weighted by Crippen LogP contribution is 2.29. The molecular weight excluding hydrogens is 805 g/mol. The molecule has 4 aromatic carbocycles. The van der Waals surface area contributed by atoms with Crippen LogP contribution in [0.15, 0.2) is 144 Å².